The first kappa shape index (κ1) is 78.7. The van der Waals surface area contributed by atoms with Crippen molar-refractivity contribution in [3.63, 3.8) is 0 Å². The van der Waals surface area contributed by atoms with E-state index in [0.29, 0.717) is 73.9 Å². The van der Waals surface area contributed by atoms with Crippen LogP contribution >= 0.6 is 0 Å². The Labute approximate surface area is 562 Å². The number of likely N-dealkylation sites (tertiary alicyclic amines) is 2. The molecule has 2 heterocycles. The van der Waals surface area contributed by atoms with Crippen LogP contribution in [0, 0.1) is 17.8 Å². The third-order valence-electron chi connectivity index (χ3n) is 16.4. The first-order valence-corrected chi connectivity index (χ1v) is 29.3. The van der Waals surface area contributed by atoms with E-state index >= 15 is 0 Å². The molecular formula is C71H75BrF12MgN2O6. The van der Waals surface area contributed by atoms with Gasteiger partial charge in [0.25, 0.3) is 0 Å². The second-order valence-electron chi connectivity index (χ2n) is 23.5. The topological polar surface area (TPSA) is 77.5 Å². The summed E-state index contributed by atoms with van der Waals surface area (Å²) in [7, 11) is 0. The molecule has 2 saturated heterocycles. The predicted octanol–water partition coefficient (Wildman–Crippen LogP) is 17.1. The van der Waals surface area contributed by atoms with Gasteiger partial charge >= 0.3 is 59.9 Å². The van der Waals surface area contributed by atoms with Crippen molar-refractivity contribution in [2.24, 2.45) is 10.8 Å². The number of rotatable bonds is 18. The van der Waals surface area contributed by atoms with E-state index < -0.39 is 82.4 Å². The van der Waals surface area contributed by atoms with Gasteiger partial charge < -0.3 is 35.9 Å². The zero-order valence-corrected chi connectivity index (χ0v) is 55.2. The monoisotopic (exact) mass is 1380 g/mol. The van der Waals surface area contributed by atoms with E-state index in [0.717, 1.165) is 11.1 Å². The Hall–Kier alpha value is -6.72. The van der Waals surface area contributed by atoms with Crippen molar-refractivity contribution in [2.75, 3.05) is 26.3 Å². The Morgan fingerprint density at radius 3 is 1.02 bits per heavy atom. The van der Waals surface area contributed by atoms with E-state index in [2.05, 4.69) is 26.7 Å². The molecule has 2 aliphatic rings. The predicted molar refractivity (Wildman–Crippen MR) is 330 cm³/mol. The van der Waals surface area contributed by atoms with Crippen LogP contribution in [-0.4, -0.2) is 71.3 Å². The summed E-state index contributed by atoms with van der Waals surface area (Å²) < 4.78 is 186. The van der Waals surface area contributed by atoms with Gasteiger partial charge in [0.2, 0.25) is 0 Å². The minimum atomic E-state index is -4.99. The number of hydrogen-bond donors (Lipinski definition) is 0. The summed E-state index contributed by atoms with van der Waals surface area (Å²) in [4.78, 5) is 30.9. The molecule has 0 radical (unpaired) electrons. The van der Waals surface area contributed by atoms with Crippen LogP contribution in [0.1, 0.15) is 134 Å². The van der Waals surface area contributed by atoms with Crippen molar-refractivity contribution in [1.29, 1.82) is 0 Å². The average Bonchev–Trinajstić information content (AvgIpc) is 0.758. The summed E-state index contributed by atoms with van der Waals surface area (Å²) in [5.74, 6) is 0. The maximum Gasteiger partial charge on any atom is 2.00 e. The summed E-state index contributed by atoms with van der Waals surface area (Å²) in [6.45, 7) is 21.3. The molecule has 6 aromatic rings. The molecule has 0 bridgehead atoms. The molecule has 0 spiro atoms. The van der Waals surface area contributed by atoms with Crippen LogP contribution in [0.15, 0.2) is 196 Å². The number of allylic oxidation sites excluding steroid dienone is 3. The molecule has 93 heavy (non-hydrogen) atoms. The molecule has 6 aromatic carbocycles. The van der Waals surface area contributed by atoms with E-state index in [9.17, 15) is 62.3 Å². The smallest absolute Gasteiger partial charge is 1.00 e. The quantitative estimate of drug-likeness (QED) is 0.0369. The number of nitrogens with zero attached hydrogens (tertiary/aromatic N) is 2. The third-order valence-corrected chi connectivity index (χ3v) is 16.4. The molecule has 2 amide bonds. The van der Waals surface area contributed by atoms with Crippen molar-refractivity contribution in [1.82, 2.24) is 9.80 Å². The Morgan fingerprint density at radius 2 is 0.763 bits per heavy atom. The zero-order chi connectivity index (χ0) is 67.1. The van der Waals surface area contributed by atoms with E-state index in [1.165, 1.54) is 19.9 Å². The summed E-state index contributed by atoms with van der Waals surface area (Å²) >= 11 is 0. The van der Waals surface area contributed by atoms with Crippen molar-refractivity contribution in [3.8, 4) is 0 Å². The van der Waals surface area contributed by atoms with Crippen LogP contribution in [0.2, 0.25) is 0 Å². The van der Waals surface area contributed by atoms with Gasteiger partial charge in [-0.3, -0.25) is 9.80 Å². The molecule has 0 unspecified atom stereocenters. The van der Waals surface area contributed by atoms with E-state index in [4.69, 9.17) is 18.9 Å². The molecule has 8 rings (SSSR count). The van der Waals surface area contributed by atoms with Gasteiger partial charge in [-0.1, -0.05) is 147 Å². The van der Waals surface area contributed by atoms with E-state index in [1.807, 2.05) is 111 Å². The van der Waals surface area contributed by atoms with Crippen molar-refractivity contribution in [2.45, 2.75) is 127 Å². The Morgan fingerprint density at radius 1 is 0.495 bits per heavy atom. The molecule has 8 nitrogen and oxygen atoms in total. The molecule has 22 heteroatoms. The molecule has 0 saturated carbocycles. The normalized spacial score (nSPS) is 20.5. The number of hydrogen-bond acceptors (Lipinski definition) is 6. The minimum Gasteiger partial charge on any atom is -1.00 e. The van der Waals surface area contributed by atoms with Crippen LogP contribution in [-0.2, 0) is 67.9 Å². The summed E-state index contributed by atoms with van der Waals surface area (Å²) in [5, 5.41) is 0. The SMILES string of the molecule is C=CC[C@@]1(C)CC[C@@](CO[C@H](C)c2cc(C(F)(F)F)cc(C(F)(F)F)c2)(c2ccccc2)N(C(=O)OCc2ccccc2)C1.C=CC[C@]1(C)CC[C@@](CO[C@H](C)c2cc(C(F)(F)F)cc(C(F)(F)F)c2)(c2ccccc2)N(C(=O)OCc2ccccc2)C1.C=C[CH2-].[Br-].[Mg+2]. The minimum absolute atomic E-state index is 0. The fourth-order valence-electron chi connectivity index (χ4n) is 11.3. The van der Waals surface area contributed by atoms with Gasteiger partial charge in [0, 0.05) is 13.1 Å². The van der Waals surface area contributed by atoms with E-state index in [1.54, 1.807) is 46.2 Å². The van der Waals surface area contributed by atoms with Gasteiger partial charge in [-0.2, -0.15) is 52.7 Å². The van der Waals surface area contributed by atoms with Crippen LogP contribution in [0.25, 0.3) is 0 Å². The number of carbonyl (C=O) groups excluding carboxylic acids is 2. The average molecular weight is 1380 g/mol. The fourth-order valence-corrected chi connectivity index (χ4v) is 11.3. The molecule has 2 fully saturated rings. The number of alkyl halides is 12. The third kappa shape index (κ3) is 21.1. The molecule has 0 aliphatic carbocycles. The fraction of sp³-hybridized carbons (Fsp3) is 0.366. The molecule has 0 N–H and O–H groups in total. The van der Waals surface area contributed by atoms with Gasteiger partial charge in [-0.25, -0.2) is 29.2 Å². The summed E-state index contributed by atoms with van der Waals surface area (Å²) in [6.07, 6.45) is -15.1. The van der Waals surface area contributed by atoms with Gasteiger partial charge in [0.05, 0.1) is 58.8 Å². The number of benzene rings is 6. The van der Waals surface area contributed by atoms with E-state index in [-0.39, 0.29) is 114 Å². The maximum absolute atomic E-state index is 13.8. The molecule has 2 aliphatic heterocycles. The Balaban J connectivity index is 0.000000373. The van der Waals surface area contributed by atoms with Gasteiger partial charge in [-0.15, -0.1) is 13.2 Å². The number of amides is 2. The molecule has 6 atom stereocenters. The summed E-state index contributed by atoms with van der Waals surface area (Å²) in [6, 6.07) is 39.3. The zero-order valence-electron chi connectivity index (χ0n) is 52.2. The van der Waals surface area contributed by atoms with Gasteiger partial charge in [0.15, 0.2) is 0 Å². The number of carbonyl (C=O) groups is 2. The molecule has 498 valence electrons. The second-order valence-corrected chi connectivity index (χ2v) is 23.5. The van der Waals surface area contributed by atoms with Crippen LogP contribution in [0.4, 0.5) is 62.3 Å². The first-order chi connectivity index (χ1) is 42.7. The Bertz CT molecular complexity index is 3080. The van der Waals surface area contributed by atoms with Gasteiger partial charge in [0.1, 0.15) is 13.2 Å². The van der Waals surface area contributed by atoms with Crippen molar-refractivity contribution >= 4 is 35.2 Å². The van der Waals surface area contributed by atoms with Crippen LogP contribution in [0.3, 0.4) is 0 Å². The first-order valence-electron chi connectivity index (χ1n) is 29.3. The van der Waals surface area contributed by atoms with Crippen LogP contribution < -0.4 is 17.0 Å². The largest absolute Gasteiger partial charge is 2.00 e. The van der Waals surface area contributed by atoms with Crippen LogP contribution in [0.5, 0.6) is 0 Å². The molecule has 0 aromatic heterocycles. The number of piperidine rings is 2. The van der Waals surface area contributed by atoms with Crippen molar-refractivity contribution < 1.29 is 98.2 Å². The number of ether oxygens (including phenoxy) is 4. The number of halogens is 13. The van der Waals surface area contributed by atoms with Gasteiger partial charge in [-0.05, 0) is 133 Å². The summed E-state index contributed by atoms with van der Waals surface area (Å²) in [5.41, 5.74) is -6.15. The maximum atomic E-state index is 13.8. The second kappa shape index (κ2) is 33.6. The van der Waals surface area contributed by atoms with Crippen molar-refractivity contribution in [3.05, 3.63) is 258 Å². The Kier molecular flexibility index (Phi) is 28.4. The standard InChI is InChI=1S/2C34H35F6NO3.C3H5.BrH.Mg/c2*1-4-15-31(3)16-17-32(27-13-9-6-10-14-27,41(22-31)30(42)43-21-25-11-7-5-8-12-25)23-44-24(2)26-18-28(33(35,36)37)20-29(19-26)34(38,39)40;1-3-2;;/h2*4-14,18-20,24H,1,15-17,21-23H2,2-3H3;3H,1-2H2;1H;/q;;-1;;+2/p-1/t24-,31+,32-;24-,31-,32-;;;/m11.../s1. The molecular weight excluding hydrogens is 1310 g/mol.